The van der Waals surface area contributed by atoms with Crippen molar-refractivity contribution < 1.29 is 9.90 Å². The van der Waals surface area contributed by atoms with Crippen molar-refractivity contribution in [3.05, 3.63) is 94.3 Å². The summed E-state index contributed by atoms with van der Waals surface area (Å²) in [5, 5.41) is 16.8. The Balaban J connectivity index is 1.60. The van der Waals surface area contributed by atoms with Crippen LogP contribution < -0.4 is 5.32 Å². The highest BCUT2D eigenvalue weighted by atomic mass is 32.1. The Morgan fingerprint density at radius 1 is 1.04 bits per heavy atom. The molecule has 0 aliphatic heterocycles. The summed E-state index contributed by atoms with van der Waals surface area (Å²) in [6, 6.07) is 21.0. The summed E-state index contributed by atoms with van der Waals surface area (Å²) >= 11 is 1.55. The van der Waals surface area contributed by atoms with Gasteiger partial charge >= 0.3 is 0 Å². The molecule has 2 aromatic carbocycles. The third kappa shape index (κ3) is 3.89. The number of phenolic OH excluding ortho intramolecular Hbond substituents is 1. The first kappa shape index (κ1) is 18.2. The summed E-state index contributed by atoms with van der Waals surface area (Å²) in [5.41, 5.74) is 2.32. The number of benzene rings is 2. The van der Waals surface area contributed by atoms with E-state index in [1.807, 2.05) is 72.1 Å². The number of hydrogen-bond acceptors (Lipinski definition) is 4. The summed E-state index contributed by atoms with van der Waals surface area (Å²) in [7, 11) is 0. The third-order valence-corrected chi connectivity index (χ3v) is 5.64. The van der Waals surface area contributed by atoms with Gasteiger partial charge in [0, 0.05) is 28.4 Å². The molecule has 0 aliphatic rings. The number of rotatable bonds is 6. The Labute approximate surface area is 167 Å². The molecule has 1 amide bonds. The zero-order chi connectivity index (χ0) is 19.3. The van der Waals surface area contributed by atoms with Crippen LogP contribution in [0.1, 0.15) is 28.5 Å². The van der Waals surface area contributed by atoms with Gasteiger partial charge in [-0.25, -0.2) is 0 Å². The average Bonchev–Trinajstić information content (AvgIpc) is 3.27. The monoisotopic (exact) mass is 388 g/mol. The largest absolute Gasteiger partial charge is 0.505 e. The molecular formula is C23H20N2O2S. The maximum absolute atomic E-state index is 12.7. The lowest BCUT2D eigenvalue weighted by Crippen LogP contribution is -2.29. The molecule has 0 bridgehead atoms. The molecule has 5 heteroatoms. The van der Waals surface area contributed by atoms with Gasteiger partial charge in [0.15, 0.2) is 0 Å². The molecule has 2 N–H and O–H groups in total. The molecule has 0 fully saturated rings. The minimum absolute atomic E-state index is 0.0530. The highest BCUT2D eigenvalue weighted by Gasteiger charge is 2.22. The number of aromatic nitrogens is 1. The molecule has 2 aromatic heterocycles. The molecule has 1 unspecified atom stereocenters. The van der Waals surface area contributed by atoms with E-state index in [1.165, 1.54) is 0 Å². The first-order valence-corrected chi connectivity index (χ1v) is 10.0. The number of nitrogens with zero attached hydrogens (tertiary/aromatic N) is 1. The van der Waals surface area contributed by atoms with Gasteiger partial charge in [0.1, 0.15) is 11.3 Å². The first-order valence-electron chi connectivity index (χ1n) is 9.15. The van der Waals surface area contributed by atoms with E-state index in [4.69, 9.17) is 0 Å². The number of phenols is 1. The predicted octanol–water partition coefficient (Wildman–Crippen LogP) is 4.84. The Hall–Kier alpha value is -3.18. The van der Waals surface area contributed by atoms with Gasteiger partial charge in [-0.05, 0) is 29.5 Å². The number of aromatic hydroxyl groups is 1. The van der Waals surface area contributed by atoms with Crippen molar-refractivity contribution in [2.45, 2.75) is 18.9 Å². The lowest BCUT2D eigenvalue weighted by atomic mass is 10.0. The minimum Gasteiger partial charge on any atom is -0.505 e. The Morgan fingerprint density at radius 3 is 2.68 bits per heavy atom. The smallest absolute Gasteiger partial charge is 0.221 e. The molecule has 0 radical (unpaired) electrons. The lowest BCUT2D eigenvalue weighted by molar-refractivity contribution is -0.121. The fraction of sp³-hybridized carbons (Fsp3) is 0.130. The fourth-order valence-electron chi connectivity index (χ4n) is 3.27. The van der Waals surface area contributed by atoms with Gasteiger partial charge in [0.25, 0.3) is 0 Å². The highest BCUT2D eigenvalue weighted by molar-refractivity contribution is 7.10. The molecule has 0 aliphatic carbocycles. The summed E-state index contributed by atoms with van der Waals surface area (Å²) in [6.07, 6.45) is 2.72. The van der Waals surface area contributed by atoms with Crippen molar-refractivity contribution in [2.24, 2.45) is 0 Å². The number of pyridine rings is 1. The van der Waals surface area contributed by atoms with Crippen LogP contribution in [0.5, 0.6) is 5.75 Å². The summed E-state index contributed by atoms with van der Waals surface area (Å²) in [5.74, 6) is 0.0580. The van der Waals surface area contributed by atoms with Crippen LogP contribution in [0.2, 0.25) is 0 Å². The molecule has 28 heavy (non-hydrogen) atoms. The van der Waals surface area contributed by atoms with Gasteiger partial charge in [-0.3, -0.25) is 9.78 Å². The number of thiophene rings is 1. The van der Waals surface area contributed by atoms with E-state index in [9.17, 15) is 9.90 Å². The van der Waals surface area contributed by atoms with E-state index in [-0.39, 0.29) is 11.7 Å². The number of carbonyl (C=O) groups is 1. The Kier molecular flexibility index (Phi) is 5.35. The lowest BCUT2D eigenvalue weighted by Gasteiger charge is -2.20. The SMILES string of the molecule is O=C(CCc1ccccc1)NC(c1cccs1)c1ccc2cccnc2c1O. The fourth-order valence-corrected chi connectivity index (χ4v) is 4.06. The predicted molar refractivity (Wildman–Crippen MR) is 112 cm³/mol. The Morgan fingerprint density at radius 2 is 1.89 bits per heavy atom. The van der Waals surface area contributed by atoms with Crippen molar-refractivity contribution in [1.82, 2.24) is 10.3 Å². The molecule has 2 heterocycles. The molecular weight excluding hydrogens is 368 g/mol. The van der Waals surface area contributed by atoms with Crippen LogP contribution in [0.3, 0.4) is 0 Å². The maximum atomic E-state index is 12.7. The zero-order valence-electron chi connectivity index (χ0n) is 15.2. The number of fused-ring (bicyclic) bond motifs is 1. The molecule has 0 saturated heterocycles. The van der Waals surface area contributed by atoms with Gasteiger partial charge < -0.3 is 10.4 Å². The van der Waals surface area contributed by atoms with Crippen LogP contribution in [0.15, 0.2) is 78.3 Å². The van der Waals surface area contributed by atoms with Gasteiger partial charge in [-0.15, -0.1) is 11.3 Å². The van der Waals surface area contributed by atoms with Crippen LogP contribution in [0.25, 0.3) is 10.9 Å². The first-order chi connectivity index (χ1) is 13.7. The zero-order valence-corrected chi connectivity index (χ0v) is 16.0. The van der Waals surface area contributed by atoms with Crippen molar-refractivity contribution in [3.8, 4) is 5.75 Å². The van der Waals surface area contributed by atoms with Crippen LogP contribution in [0, 0.1) is 0 Å². The van der Waals surface area contributed by atoms with E-state index in [0.717, 1.165) is 15.8 Å². The van der Waals surface area contributed by atoms with Crippen molar-refractivity contribution in [1.29, 1.82) is 0 Å². The molecule has 0 saturated carbocycles. The standard InChI is InChI=1S/C23H20N2O2S/c26-20(13-10-16-6-2-1-3-7-16)25-22(19-9-5-15-28-19)18-12-11-17-8-4-14-24-21(17)23(18)27/h1-9,11-12,14-15,22,27H,10,13H2,(H,25,26). The molecule has 1 atom stereocenters. The topological polar surface area (TPSA) is 62.2 Å². The quantitative estimate of drug-likeness (QED) is 0.497. The van der Waals surface area contributed by atoms with Crippen LogP contribution in [-0.4, -0.2) is 16.0 Å². The second-order valence-corrected chi connectivity index (χ2v) is 7.56. The number of amides is 1. The van der Waals surface area contributed by atoms with Crippen LogP contribution in [0.4, 0.5) is 0 Å². The highest BCUT2D eigenvalue weighted by Crippen LogP contribution is 2.35. The van der Waals surface area contributed by atoms with Crippen molar-refractivity contribution in [3.63, 3.8) is 0 Å². The Bertz CT molecular complexity index is 1080. The van der Waals surface area contributed by atoms with E-state index in [1.54, 1.807) is 17.5 Å². The van der Waals surface area contributed by atoms with Gasteiger partial charge in [-0.2, -0.15) is 0 Å². The number of nitrogens with one attached hydrogen (secondary N) is 1. The molecule has 4 rings (SSSR count). The van der Waals surface area contributed by atoms with Gasteiger partial charge in [-0.1, -0.05) is 54.6 Å². The van der Waals surface area contributed by atoms with Gasteiger partial charge in [0.2, 0.25) is 5.91 Å². The number of hydrogen-bond donors (Lipinski definition) is 2. The minimum atomic E-state index is -0.408. The van der Waals surface area contributed by atoms with E-state index in [0.29, 0.717) is 23.9 Å². The second-order valence-electron chi connectivity index (χ2n) is 6.58. The maximum Gasteiger partial charge on any atom is 0.221 e. The van der Waals surface area contributed by atoms with E-state index in [2.05, 4.69) is 10.3 Å². The summed E-state index contributed by atoms with van der Waals surface area (Å²) < 4.78 is 0. The van der Waals surface area contributed by atoms with E-state index >= 15 is 0 Å². The third-order valence-electron chi connectivity index (χ3n) is 4.71. The number of carbonyl (C=O) groups excluding carboxylic acids is 1. The van der Waals surface area contributed by atoms with Crippen LogP contribution in [-0.2, 0) is 11.2 Å². The molecule has 4 nitrogen and oxygen atoms in total. The number of aryl methyl sites for hydroxylation is 1. The van der Waals surface area contributed by atoms with Crippen LogP contribution >= 0.6 is 11.3 Å². The van der Waals surface area contributed by atoms with Crippen molar-refractivity contribution >= 4 is 28.1 Å². The normalized spacial score (nSPS) is 12.0. The molecule has 4 aromatic rings. The summed E-state index contributed by atoms with van der Waals surface area (Å²) in [4.78, 5) is 17.9. The van der Waals surface area contributed by atoms with Gasteiger partial charge in [0.05, 0.1) is 6.04 Å². The van der Waals surface area contributed by atoms with E-state index < -0.39 is 6.04 Å². The summed E-state index contributed by atoms with van der Waals surface area (Å²) in [6.45, 7) is 0. The average molecular weight is 388 g/mol. The molecule has 140 valence electrons. The second kappa shape index (κ2) is 8.23. The van der Waals surface area contributed by atoms with Crippen molar-refractivity contribution in [2.75, 3.05) is 0 Å². The molecule has 0 spiro atoms.